The van der Waals surface area contributed by atoms with Gasteiger partial charge in [0.25, 0.3) is 5.91 Å². The number of hydrogen-bond acceptors (Lipinski definition) is 4. The fourth-order valence-corrected chi connectivity index (χ4v) is 7.28. The SMILES string of the molecule is N=C1NC(c2ccccc2)(c2ccccc2)C(=O)N1CC1CCN(S(=O)(=O)c2ccc3ccccc3c2)CC1. The Labute approximate surface area is 228 Å². The first kappa shape index (κ1) is 25.3. The smallest absolute Gasteiger partial charge is 0.264 e. The Bertz CT molecular complexity index is 1590. The molecule has 2 fully saturated rings. The van der Waals surface area contributed by atoms with Crippen molar-refractivity contribution in [2.45, 2.75) is 23.3 Å². The van der Waals surface area contributed by atoms with Crippen molar-refractivity contribution >= 4 is 32.7 Å². The molecule has 39 heavy (non-hydrogen) atoms. The van der Waals surface area contributed by atoms with Crippen LogP contribution in [0.3, 0.4) is 0 Å². The van der Waals surface area contributed by atoms with Crippen molar-refractivity contribution in [2.75, 3.05) is 19.6 Å². The van der Waals surface area contributed by atoms with Gasteiger partial charge in [0.1, 0.15) is 0 Å². The summed E-state index contributed by atoms with van der Waals surface area (Å²) in [6, 6.07) is 32.0. The molecule has 7 nitrogen and oxygen atoms in total. The van der Waals surface area contributed by atoms with Gasteiger partial charge in [-0.15, -0.1) is 0 Å². The Morgan fingerprint density at radius 1 is 0.795 bits per heavy atom. The van der Waals surface area contributed by atoms with E-state index in [4.69, 9.17) is 5.41 Å². The monoisotopic (exact) mass is 538 g/mol. The number of nitrogens with zero attached hydrogens (tertiary/aromatic N) is 2. The van der Waals surface area contributed by atoms with Crippen molar-refractivity contribution in [1.82, 2.24) is 14.5 Å². The summed E-state index contributed by atoms with van der Waals surface area (Å²) in [7, 11) is -3.62. The first-order valence-electron chi connectivity index (χ1n) is 13.2. The van der Waals surface area contributed by atoms with Crippen molar-refractivity contribution < 1.29 is 13.2 Å². The maximum Gasteiger partial charge on any atom is 0.264 e. The molecule has 1 amide bonds. The molecular formula is C31H30N4O3S. The summed E-state index contributed by atoms with van der Waals surface area (Å²) in [4.78, 5) is 15.9. The molecule has 0 aliphatic carbocycles. The summed E-state index contributed by atoms with van der Waals surface area (Å²) >= 11 is 0. The van der Waals surface area contributed by atoms with Gasteiger partial charge in [0.2, 0.25) is 10.0 Å². The molecule has 0 aromatic heterocycles. The average molecular weight is 539 g/mol. The third kappa shape index (κ3) is 4.39. The molecule has 2 aliphatic rings. The molecule has 2 saturated heterocycles. The van der Waals surface area contributed by atoms with E-state index in [1.807, 2.05) is 91.0 Å². The molecule has 0 bridgehead atoms. The minimum atomic E-state index is -3.62. The molecule has 0 unspecified atom stereocenters. The van der Waals surface area contributed by atoms with Gasteiger partial charge in [0.05, 0.1) is 4.90 Å². The summed E-state index contributed by atoms with van der Waals surface area (Å²) in [5, 5.41) is 13.8. The van der Waals surface area contributed by atoms with Crippen LogP contribution in [0.25, 0.3) is 10.8 Å². The van der Waals surface area contributed by atoms with Gasteiger partial charge in [-0.2, -0.15) is 4.31 Å². The van der Waals surface area contributed by atoms with E-state index < -0.39 is 15.6 Å². The second kappa shape index (κ2) is 9.94. The number of amides is 1. The van der Waals surface area contributed by atoms with E-state index in [0.717, 1.165) is 21.9 Å². The van der Waals surface area contributed by atoms with E-state index in [0.29, 0.717) is 37.4 Å². The first-order chi connectivity index (χ1) is 18.9. The maximum atomic E-state index is 14.0. The van der Waals surface area contributed by atoms with Crippen LogP contribution in [0.5, 0.6) is 0 Å². The molecule has 4 aromatic carbocycles. The summed E-state index contributed by atoms with van der Waals surface area (Å²) in [5.74, 6) is -0.0310. The fraction of sp³-hybridized carbons (Fsp3) is 0.226. The summed E-state index contributed by atoms with van der Waals surface area (Å²) in [6.07, 6.45) is 1.24. The number of hydrogen-bond donors (Lipinski definition) is 2. The van der Waals surface area contributed by atoms with Crippen LogP contribution < -0.4 is 5.32 Å². The fourth-order valence-electron chi connectivity index (χ4n) is 5.78. The van der Waals surface area contributed by atoms with Crippen LogP contribution in [-0.4, -0.2) is 49.1 Å². The van der Waals surface area contributed by atoms with Gasteiger partial charge in [-0.05, 0) is 52.8 Å². The predicted octanol–water partition coefficient (Wildman–Crippen LogP) is 4.55. The van der Waals surface area contributed by atoms with Gasteiger partial charge < -0.3 is 5.32 Å². The quantitative estimate of drug-likeness (QED) is 0.377. The van der Waals surface area contributed by atoms with Gasteiger partial charge in [-0.3, -0.25) is 15.1 Å². The van der Waals surface area contributed by atoms with Crippen molar-refractivity contribution in [3.8, 4) is 0 Å². The highest BCUT2D eigenvalue weighted by Crippen LogP contribution is 2.37. The van der Waals surface area contributed by atoms with Gasteiger partial charge in [-0.1, -0.05) is 91.0 Å². The molecule has 0 saturated carbocycles. The Morgan fingerprint density at radius 3 is 1.97 bits per heavy atom. The highest BCUT2D eigenvalue weighted by Gasteiger charge is 2.52. The van der Waals surface area contributed by atoms with Crippen LogP contribution in [0.15, 0.2) is 108 Å². The summed E-state index contributed by atoms with van der Waals surface area (Å²) in [6.45, 7) is 1.13. The average Bonchev–Trinajstić information content (AvgIpc) is 3.24. The number of benzene rings is 4. The first-order valence-corrected chi connectivity index (χ1v) is 14.6. The molecule has 4 aromatic rings. The normalized spacial score (nSPS) is 18.4. The molecule has 2 N–H and O–H groups in total. The van der Waals surface area contributed by atoms with Crippen molar-refractivity contribution in [2.24, 2.45) is 5.92 Å². The second-order valence-electron chi connectivity index (χ2n) is 10.2. The van der Waals surface area contributed by atoms with Gasteiger partial charge >= 0.3 is 0 Å². The number of rotatable bonds is 6. The Morgan fingerprint density at radius 2 is 1.36 bits per heavy atom. The lowest BCUT2D eigenvalue weighted by Crippen LogP contribution is -2.46. The minimum absolute atomic E-state index is 0.0684. The largest absolute Gasteiger partial charge is 0.334 e. The van der Waals surface area contributed by atoms with Gasteiger partial charge in [0.15, 0.2) is 11.5 Å². The van der Waals surface area contributed by atoms with Crippen molar-refractivity contribution in [3.05, 3.63) is 114 Å². The molecular weight excluding hydrogens is 508 g/mol. The van der Waals surface area contributed by atoms with E-state index in [1.54, 1.807) is 16.4 Å². The van der Waals surface area contributed by atoms with Crippen LogP contribution in [0.2, 0.25) is 0 Å². The zero-order chi connectivity index (χ0) is 27.0. The Kier molecular flexibility index (Phi) is 6.45. The van der Waals surface area contributed by atoms with E-state index in [-0.39, 0.29) is 17.8 Å². The number of fused-ring (bicyclic) bond motifs is 1. The molecule has 0 atom stereocenters. The Balaban J connectivity index is 1.19. The number of piperidine rings is 1. The van der Waals surface area contributed by atoms with Gasteiger partial charge in [-0.25, -0.2) is 8.42 Å². The van der Waals surface area contributed by atoms with Crippen LogP contribution in [-0.2, 0) is 20.4 Å². The molecule has 2 heterocycles. The summed E-state index contributed by atoms with van der Waals surface area (Å²) < 4.78 is 28.3. The minimum Gasteiger partial charge on any atom is -0.334 e. The number of carbonyl (C=O) groups is 1. The van der Waals surface area contributed by atoms with Crippen molar-refractivity contribution in [1.29, 1.82) is 5.41 Å². The van der Waals surface area contributed by atoms with E-state index in [1.165, 1.54) is 4.90 Å². The van der Waals surface area contributed by atoms with Crippen LogP contribution in [0, 0.1) is 11.3 Å². The highest BCUT2D eigenvalue weighted by molar-refractivity contribution is 7.89. The molecule has 2 aliphatic heterocycles. The lowest BCUT2D eigenvalue weighted by Gasteiger charge is -2.33. The number of nitrogens with one attached hydrogen (secondary N) is 2. The summed E-state index contributed by atoms with van der Waals surface area (Å²) in [5.41, 5.74) is 0.397. The lowest BCUT2D eigenvalue weighted by atomic mass is 9.82. The van der Waals surface area contributed by atoms with Crippen LogP contribution in [0.4, 0.5) is 0 Å². The standard InChI is InChI=1S/C31H30N4O3S/c32-30-33-31(26-11-3-1-4-12-26,27-13-5-2-6-14-27)29(36)35(30)22-23-17-19-34(20-18-23)39(37,38)28-16-15-24-9-7-8-10-25(24)21-28/h1-16,21,23H,17-20,22H2,(H2,32,33). The lowest BCUT2D eigenvalue weighted by molar-refractivity contribution is -0.130. The molecule has 8 heteroatoms. The van der Waals surface area contributed by atoms with E-state index in [9.17, 15) is 13.2 Å². The predicted molar refractivity (Wildman–Crippen MR) is 152 cm³/mol. The Hall–Kier alpha value is -4.01. The highest BCUT2D eigenvalue weighted by atomic mass is 32.2. The number of guanidine groups is 1. The second-order valence-corrected chi connectivity index (χ2v) is 12.2. The van der Waals surface area contributed by atoms with Gasteiger partial charge in [0, 0.05) is 19.6 Å². The molecule has 198 valence electrons. The topological polar surface area (TPSA) is 93.6 Å². The van der Waals surface area contributed by atoms with E-state index in [2.05, 4.69) is 5.32 Å². The third-order valence-electron chi connectivity index (χ3n) is 7.93. The number of sulfonamides is 1. The van der Waals surface area contributed by atoms with Crippen LogP contribution >= 0.6 is 0 Å². The number of carbonyl (C=O) groups excluding carboxylic acids is 1. The molecule has 0 spiro atoms. The van der Waals surface area contributed by atoms with Crippen molar-refractivity contribution in [3.63, 3.8) is 0 Å². The maximum absolute atomic E-state index is 14.0. The third-order valence-corrected chi connectivity index (χ3v) is 9.82. The van der Waals surface area contributed by atoms with E-state index >= 15 is 0 Å². The molecule has 6 rings (SSSR count). The zero-order valence-corrected chi connectivity index (χ0v) is 22.3. The van der Waals surface area contributed by atoms with Crippen LogP contribution in [0.1, 0.15) is 24.0 Å². The molecule has 0 radical (unpaired) electrons. The zero-order valence-electron chi connectivity index (χ0n) is 21.5.